The smallest absolute Gasteiger partial charge is 0.243 e. The molecule has 0 spiro atoms. The summed E-state index contributed by atoms with van der Waals surface area (Å²) in [6, 6.07) is 6.91. The predicted molar refractivity (Wildman–Crippen MR) is 77.8 cm³/mol. The molecule has 1 N–H and O–H groups in total. The van der Waals surface area contributed by atoms with Gasteiger partial charge in [0.2, 0.25) is 10.0 Å². The molecule has 5 nitrogen and oxygen atoms in total. The average molecular weight is 298 g/mol. The zero-order chi connectivity index (χ0) is 14.8. The van der Waals surface area contributed by atoms with Crippen LogP contribution in [0.3, 0.4) is 0 Å². The lowest BCUT2D eigenvalue weighted by Crippen LogP contribution is -2.47. The van der Waals surface area contributed by atoms with Gasteiger partial charge in [0.25, 0.3) is 0 Å². The number of aliphatic hydroxyl groups excluding tert-OH is 1. The van der Waals surface area contributed by atoms with Gasteiger partial charge in [0.1, 0.15) is 0 Å². The Morgan fingerprint density at radius 2 is 2.05 bits per heavy atom. The van der Waals surface area contributed by atoms with Gasteiger partial charge in [-0.15, -0.1) is 0 Å². The van der Waals surface area contributed by atoms with Crippen LogP contribution in [0.2, 0.25) is 0 Å². The number of likely N-dealkylation sites (N-methyl/N-ethyl adjacent to an activating group) is 1. The van der Waals surface area contributed by atoms with Crippen LogP contribution in [0.1, 0.15) is 18.4 Å². The molecule has 20 heavy (non-hydrogen) atoms. The standard InChI is InChI=1S/C14H22N2O3S/c1-15(2)13-7-5-9-16(10-13)20(18,19)14-8-4-3-6-12(14)11-17/h3-4,6,8,13,17H,5,7,9-11H2,1-2H3. The number of benzene rings is 1. The van der Waals surface area contributed by atoms with Crippen LogP contribution in [0, 0.1) is 0 Å². The van der Waals surface area contributed by atoms with E-state index < -0.39 is 10.0 Å². The van der Waals surface area contributed by atoms with Gasteiger partial charge in [-0.1, -0.05) is 18.2 Å². The summed E-state index contributed by atoms with van der Waals surface area (Å²) in [6.45, 7) is 0.794. The van der Waals surface area contributed by atoms with Crippen molar-refractivity contribution in [1.82, 2.24) is 9.21 Å². The molecular formula is C14H22N2O3S. The van der Waals surface area contributed by atoms with Gasteiger partial charge >= 0.3 is 0 Å². The van der Waals surface area contributed by atoms with Crippen molar-refractivity contribution in [3.05, 3.63) is 29.8 Å². The second-order valence-electron chi connectivity index (χ2n) is 5.39. The maximum atomic E-state index is 12.7. The SMILES string of the molecule is CN(C)C1CCCN(S(=O)(=O)c2ccccc2CO)C1. The van der Waals surface area contributed by atoms with E-state index in [1.807, 2.05) is 14.1 Å². The Bertz CT molecular complexity index is 557. The van der Waals surface area contributed by atoms with Crippen molar-refractivity contribution in [2.24, 2.45) is 0 Å². The number of hydrogen-bond donors (Lipinski definition) is 1. The Morgan fingerprint density at radius 3 is 2.70 bits per heavy atom. The molecule has 0 amide bonds. The highest BCUT2D eigenvalue weighted by Gasteiger charge is 2.32. The topological polar surface area (TPSA) is 60.9 Å². The number of nitrogens with zero attached hydrogens (tertiary/aromatic N) is 2. The van der Waals surface area contributed by atoms with E-state index in [0.717, 1.165) is 12.8 Å². The number of piperidine rings is 1. The molecule has 1 aromatic carbocycles. The van der Waals surface area contributed by atoms with E-state index in [2.05, 4.69) is 4.90 Å². The van der Waals surface area contributed by atoms with E-state index in [1.54, 1.807) is 24.3 Å². The van der Waals surface area contributed by atoms with E-state index in [9.17, 15) is 13.5 Å². The molecule has 1 unspecified atom stereocenters. The molecule has 1 aliphatic heterocycles. The summed E-state index contributed by atoms with van der Waals surface area (Å²) in [5.41, 5.74) is 0.458. The summed E-state index contributed by atoms with van der Waals surface area (Å²) in [6.07, 6.45) is 1.88. The molecular weight excluding hydrogens is 276 g/mol. The van der Waals surface area contributed by atoms with Crippen LogP contribution in [0.5, 0.6) is 0 Å². The van der Waals surface area contributed by atoms with Gasteiger partial charge in [-0.3, -0.25) is 0 Å². The van der Waals surface area contributed by atoms with Gasteiger partial charge in [-0.05, 0) is 38.6 Å². The van der Waals surface area contributed by atoms with Crippen LogP contribution in [0.25, 0.3) is 0 Å². The fourth-order valence-corrected chi connectivity index (χ4v) is 4.32. The molecule has 6 heteroatoms. The zero-order valence-electron chi connectivity index (χ0n) is 12.0. The third-order valence-electron chi connectivity index (χ3n) is 3.85. The van der Waals surface area contributed by atoms with Crippen LogP contribution >= 0.6 is 0 Å². The summed E-state index contributed by atoms with van der Waals surface area (Å²) >= 11 is 0. The minimum Gasteiger partial charge on any atom is -0.392 e. The van der Waals surface area contributed by atoms with Crippen molar-refractivity contribution in [3.63, 3.8) is 0 Å². The maximum Gasteiger partial charge on any atom is 0.243 e. The molecule has 1 heterocycles. The van der Waals surface area contributed by atoms with Gasteiger partial charge in [0.15, 0.2) is 0 Å². The maximum absolute atomic E-state index is 12.7. The largest absolute Gasteiger partial charge is 0.392 e. The van der Waals surface area contributed by atoms with E-state index in [-0.39, 0.29) is 17.5 Å². The lowest BCUT2D eigenvalue weighted by atomic mass is 10.1. The first kappa shape index (κ1) is 15.4. The molecule has 1 aliphatic rings. The Labute approximate surface area is 120 Å². The monoisotopic (exact) mass is 298 g/mol. The second kappa shape index (κ2) is 6.22. The van der Waals surface area contributed by atoms with Crippen LogP contribution in [-0.4, -0.2) is 56.0 Å². The van der Waals surface area contributed by atoms with Crippen molar-refractivity contribution in [1.29, 1.82) is 0 Å². The summed E-state index contributed by atoms with van der Waals surface area (Å²) in [4.78, 5) is 2.29. The molecule has 0 aromatic heterocycles. The molecule has 1 aromatic rings. The first-order chi connectivity index (χ1) is 9.46. The van der Waals surface area contributed by atoms with E-state index >= 15 is 0 Å². The predicted octanol–water partition coefficient (Wildman–Crippen LogP) is 0.894. The number of hydrogen-bond acceptors (Lipinski definition) is 4. The summed E-state index contributed by atoms with van der Waals surface area (Å²) in [5, 5.41) is 9.33. The van der Waals surface area contributed by atoms with Crippen molar-refractivity contribution in [2.45, 2.75) is 30.4 Å². The number of sulfonamides is 1. The molecule has 0 radical (unpaired) electrons. The van der Waals surface area contributed by atoms with Crippen molar-refractivity contribution >= 4 is 10.0 Å². The minimum atomic E-state index is -3.52. The quantitative estimate of drug-likeness (QED) is 0.897. The molecule has 1 fully saturated rings. The average Bonchev–Trinajstić information content (AvgIpc) is 2.47. The third-order valence-corrected chi connectivity index (χ3v) is 5.82. The van der Waals surface area contributed by atoms with Crippen molar-refractivity contribution in [2.75, 3.05) is 27.2 Å². The first-order valence-corrected chi connectivity index (χ1v) is 8.26. The lowest BCUT2D eigenvalue weighted by Gasteiger charge is -2.35. The Balaban J connectivity index is 2.30. The Morgan fingerprint density at radius 1 is 1.35 bits per heavy atom. The third kappa shape index (κ3) is 3.03. The zero-order valence-corrected chi connectivity index (χ0v) is 12.8. The van der Waals surface area contributed by atoms with Crippen LogP contribution in [0.15, 0.2) is 29.2 Å². The molecule has 0 bridgehead atoms. The summed E-state index contributed by atoms with van der Waals surface area (Å²) in [7, 11) is 0.425. The Kier molecular flexibility index (Phi) is 4.80. The number of rotatable bonds is 4. The normalized spacial score (nSPS) is 21.3. The van der Waals surface area contributed by atoms with Crippen molar-refractivity contribution in [3.8, 4) is 0 Å². The molecule has 0 aliphatic carbocycles. The second-order valence-corrected chi connectivity index (χ2v) is 7.29. The van der Waals surface area contributed by atoms with E-state index in [0.29, 0.717) is 18.7 Å². The molecule has 1 saturated heterocycles. The molecule has 1 atom stereocenters. The molecule has 2 rings (SSSR count). The lowest BCUT2D eigenvalue weighted by molar-refractivity contribution is 0.190. The highest BCUT2D eigenvalue weighted by atomic mass is 32.2. The van der Waals surface area contributed by atoms with Gasteiger partial charge in [0, 0.05) is 19.1 Å². The van der Waals surface area contributed by atoms with Gasteiger partial charge in [0.05, 0.1) is 11.5 Å². The molecule has 112 valence electrons. The Hall–Kier alpha value is -0.950. The highest BCUT2D eigenvalue weighted by molar-refractivity contribution is 7.89. The summed E-state index contributed by atoms with van der Waals surface area (Å²) < 4.78 is 27.0. The highest BCUT2D eigenvalue weighted by Crippen LogP contribution is 2.24. The number of aliphatic hydroxyl groups is 1. The van der Waals surface area contributed by atoms with Gasteiger partial charge < -0.3 is 10.0 Å². The van der Waals surface area contributed by atoms with E-state index in [1.165, 1.54) is 4.31 Å². The van der Waals surface area contributed by atoms with E-state index in [4.69, 9.17) is 0 Å². The van der Waals surface area contributed by atoms with Crippen LogP contribution in [0.4, 0.5) is 0 Å². The van der Waals surface area contributed by atoms with Gasteiger partial charge in [-0.25, -0.2) is 8.42 Å². The van der Waals surface area contributed by atoms with Crippen LogP contribution < -0.4 is 0 Å². The fourth-order valence-electron chi connectivity index (χ4n) is 2.59. The summed E-state index contributed by atoms with van der Waals surface area (Å²) in [5.74, 6) is 0. The first-order valence-electron chi connectivity index (χ1n) is 6.82. The fraction of sp³-hybridized carbons (Fsp3) is 0.571. The minimum absolute atomic E-state index is 0.224. The van der Waals surface area contributed by atoms with Gasteiger partial charge in [-0.2, -0.15) is 4.31 Å². The van der Waals surface area contributed by atoms with Crippen LogP contribution in [-0.2, 0) is 16.6 Å². The molecule has 0 saturated carbocycles. The van der Waals surface area contributed by atoms with Crippen molar-refractivity contribution < 1.29 is 13.5 Å².